The highest BCUT2D eigenvalue weighted by Crippen LogP contribution is 2.53. The zero-order chi connectivity index (χ0) is 19.8. The average Bonchev–Trinajstić information content (AvgIpc) is 2.63. The first-order valence-corrected chi connectivity index (χ1v) is 10.5. The van der Waals surface area contributed by atoms with Crippen LogP contribution in [0.1, 0.15) is 64.5 Å². The lowest BCUT2D eigenvalue weighted by Crippen LogP contribution is -2.48. The minimum atomic E-state index is -0.0652. The molecule has 1 heterocycles. The molecule has 0 radical (unpaired) electrons. The van der Waals surface area contributed by atoms with Gasteiger partial charge in [0.1, 0.15) is 5.75 Å². The van der Waals surface area contributed by atoms with Crippen LogP contribution in [0.25, 0.3) is 0 Å². The number of benzene rings is 1. The van der Waals surface area contributed by atoms with E-state index < -0.39 is 0 Å². The number of phenols is 1. The van der Waals surface area contributed by atoms with Crippen molar-refractivity contribution in [2.24, 2.45) is 11.3 Å². The predicted molar refractivity (Wildman–Crippen MR) is 110 cm³/mol. The van der Waals surface area contributed by atoms with Gasteiger partial charge in [-0.25, -0.2) is 4.79 Å². The van der Waals surface area contributed by atoms with Crippen LogP contribution in [0.3, 0.4) is 0 Å². The summed E-state index contributed by atoms with van der Waals surface area (Å²) in [7, 11) is 1.93. The third kappa shape index (κ3) is 3.68. The number of rotatable bonds is 3. The lowest BCUT2D eigenvalue weighted by Gasteiger charge is -2.50. The number of amides is 2. The Labute approximate surface area is 164 Å². The van der Waals surface area contributed by atoms with Crippen LogP contribution in [-0.4, -0.2) is 47.6 Å². The standard InChI is InChI=1S/C23H36N2O2/c1-17-10-14-25(15-11-17)21(27)24(5)16-13-23(4)19-7-6-8-20(26)18(19)9-12-22(23,2)3/h6-8,17,26H,9-16H2,1-5H3/t23-/m0/s1. The second-order valence-corrected chi connectivity index (χ2v) is 9.64. The fraction of sp³-hybridized carbons (Fsp3) is 0.696. The van der Waals surface area contributed by atoms with E-state index in [0.29, 0.717) is 5.75 Å². The molecule has 1 fully saturated rings. The van der Waals surface area contributed by atoms with Crippen molar-refractivity contribution < 1.29 is 9.90 Å². The number of carbonyl (C=O) groups is 1. The molecule has 3 rings (SSSR count). The maximum absolute atomic E-state index is 12.9. The Morgan fingerprint density at radius 3 is 2.59 bits per heavy atom. The Bertz CT molecular complexity index is 692. The molecule has 150 valence electrons. The van der Waals surface area contributed by atoms with Gasteiger partial charge >= 0.3 is 6.03 Å². The van der Waals surface area contributed by atoms with Gasteiger partial charge in [0.05, 0.1) is 0 Å². The van der Waals surface area contributed by atoms with Crippen LogP contribution in [0.15, 0.2) is 18.2 Å². The number of carbonyl (C=O) groups excluding carboxylic acids is 1. The van der Waals surface area contributed by atoms with Crippen LogP contribution in [0, 0.1) is 11.3 Å². The molecule has 1 aliphatic carbocycles. The van der Waals surface area contributed by atoms with Gasteiger partial charge in [-0.2, -0.15) is 0 Å². The van der Waals surface area contributed by atoms with Gasteiger partial charge in [-0.15, -0.1) is 0 Å². The van der Waals surface area contributed by atoms with Gasteiger partial charge in [-0.05, 0) is 66.0 Å². The second-order valence-electron chi connectivity index (χ2n) is 9.64. The van der Waals surface area contributed by atoms with Gasteiger partial charge in [0, 0.05) is 26.7 Å². The number of piperidine rings is 1. The SMILES string of the molecule is CC1CCN(C(=O)N(C)CC[C@@]2(C)c3cccc(O)c3CCC2(C)C)CC1. The number of likely N-dealkylation sites (tertiary alicyclic amines) is 1. The Morgan fingerprint density at radius 1 is 1.26 bits per heavy atom. The number of hydrogen-bond acceptors (Lipinski definition) is 2. The van der Waals surface area contributed by atoms with Gasteiger partial charge in [-0.3, -0.25) is 0 Å². The smallest absolute Gasteiger partial charge is 0.319 e. The molecule has 2 amide bonds. The maximum atomic E-state index is 12.9. The largest absolute Gasteiger partial charge is 0.508 e. The summed E-state index contributed by atoms with van der Waals surface area (Å²) in [5, 5.41) is 10.3. The van der Waals surface area contributed by atoms with Crippen molar-refractivity contribution in [2.45, 2.75) is 65.2 Å². The van der Waals surface area contributed by atoms with Crippen LogP contribution >= 0.6 is 0 Å². The summed E-state index contributed by atoms with van der Waals surface area (Å²) in [6.45, 7) is 11.7. The first-order valence-electron chi connectivity index (χ1n) is 10.5. The molecule has 0 bridgehead atoms. The summed E-state index contributed by atoms with van der Waals surface area (Å²) in [6.07, 6.45) is 5.10. The van der Waals surface area contributed by atoms with Gasteiger partial charge in [0.15, 0.2) is 0 Å². The summed E-state index contributed by atoms with van der Waals surface area (Å²) in [6, 6.07) is 6.08. The zero-order valence-corrected chi connectivity index (χ0v) is 17.7. The molecule has 0 saturated carbocycles. The molecule has 1 aromatic carbocycles. The van der Waals surface area contributed by atoms with Crippen LogP contribution in [0.5, 0.6) is 5.75 Å². The first-order chi connectivity index (χ1) is 12.7. The molecule has 27 heavy (non-hydrogen) atoms. The van der Waals surface area contributed by atoms with E-state index in [9.17, 15) is 9.90 Å². The fourth-order valence-electron chi connectivity index (χ4n) is 4.83. The molecule has 4 heteroatoms. The first kappa shape index (κ1) is 20.0. The predicted octanol–water partition coefficient (Wildman–Crippen LogP) is 4.80. The Hall–Kier alpha value is -1.71. The van der Waals surface area contributed by atoms with Crippen molar-refractivity contribution in [2.75, 3.05) is 26.7 Å². The lowest BCUT2D eigenvalue weighted by atomic mass is 9.55. The minimum absolute atomic E-state index is 0.0652. The van der Waals surface area contributed by atoms with E-state index in [1.165, 1.54) is 5.56 Å². The second kappa shape index (κ2) is 7.37. The molecule has 0 aromatic heterocycles. The summed E-state index contributed by atoms with van der Waals surface area (Å²) >= 11 is 0. The molecule has 1 N–H and O–H groups in total. The molecule has 0 unspecified atom stereocenters. The third-order valence-electron chi connectivity index (χ3n) is 7.57. The van der Waals surface area contributed by atoms with Crippen LogP contribution in [0.4, 0.5) is 4.79 Å². The van der Waals surface area contributed by atoms with E-state index >= 15 is 0 Å². The van der Waals surface area contributed by atoms with E-state index in [1.54, 1.807) is 6.07 Å². The molecule has 4 nitrogen and oxygen atoms in total. The molecule has 1 aliphatic heterocycles. The maximum Gasteiger partial charge on any atom is 0.319 e. The highest BCUT2D eigenvalue weighted by molar-refractivity contribution is 5.74. The monoisotopic (exact) mass is 372 g/mol. The molecule has 2 aliphatic rings. The van der Waals surface area contributed by atoms with Crippen LogP contribution < -0.4 is 0 Å². The molecule has 0 spiro atoms. The quantitative estimate of drug-likeness (QED) is 0.828. The zero-order valence-electron chi connectivity index (χ0n) is 17.7. The van der Waals surface area contributed by atoms with E-state index in [-0.39, 0.29) is 16.9 Å². The number of hydrogen-bond donors (Lipinski definition) is 1. The minimum Gasteiger partial charge on any atom is -0.508 e. The van der Waals surface area contributed by atoms with E-state index in [1.807, 2.05) is 22.9 Å². The average molecular weight is 373 g/mol. The molecule has 1 saturated heterocycles. The summed E-state index contributed by atoms with van der Waals surface area (Å²) < 4.78 is 0. The van der Waals surface area contributed by atoms with Gasteiger partial charge in [0.2, 0.25) is 0 Å². The van der Waals surface area contributed by atoms with E-state index in [0.717, 1.165) is 63.2 Å². The summed E-state index contributed by atoms with van der Waals surface area (Å²) in [5.74, 6) is 1.14. The normalized spacial score (nSPS) is 25.1. The van der Waals surface area contributed by atoms with E-state index in [4.69, 9.17) is 0 Å². The fourth-order valence-corrected chi connectivity index (χ4v) is 4.83. The van der Waals surface area contributed by atoms with Crippen molar-refractivity contribution in [1.82, 2.24) is 9.80 Å². The Balaban J connectivity index is 1.74. The highest BCUT2D eigenvalue weighted by Gasteiger charge is 2.46. The lowest BCUT2D eigenvalue weighted by molar-refractivity contribution is 0.111. The van der Waals surface area contributed by atoms with Crippen molar-refractivity contribution in [1.29, 1.82) is 0 Å². The number of urea groups is 1. The van der Waals surface area contributed by atoms with Crippen molar-refractivity contribution in [3.63, 3.8) is 0 Å². The highest BCUT2D eigenvalue weighted by atomic mass is 16.3. The Morgan fingerprint density at radius 2 is 1.93 bits per heavy atom. The molecule has 1 aromatic rings. The summed E-state index contributed by atoms with van der Waals surface area (Å²) in [5.41, 5.74) is 2.41. The molecular formula is C23H36N2O2. The number of phenolic OH excluding ortho intramolecular Hbond substituents is 1. The molecular weight excluding hydrogens is 336 g/mol. The number of nitrogens with zero attached hydrogens (tertiary/aromatic N) is 2. The van der Waals surface area contributed by atoms with Crippen molar-refractivity contribution >= 4 is 6.03 Å². The molecule has 1 atom stereocenters. The van der Waals surface area contributed by atoms with Gasteiger partial charge < -0.3 is 14.9 Å². The van der Waals surface area contributed by atoms with Gasteiger partial charge in [-0.1, -0.05) is 39.8 Å². The third-order valence-corrected chi connectivity index (χ3v) is 7.57. The number of fused-ring (bicyclic) bond motifs is 1. The Kier molecular flexibility index (Phi) is 5.47. The van der Waals surface area contributed by atoms with E-state index in [2.05, 4.69) is 33.8 Å². The van der Waals surface area contributed by atoms with Crippen LogP contribution in [0.2, 0.25) is 0 Å². The topological polar surface area (TPSA) is 43.8 Å². The van der Waals surface area contributed by atoms with Crippen molar-refractivity contribution in [3.05, 3.63) is 29.3 Å². The number of aromatic hydroxyl groups is 1. The van der Waals surface area contributed by atoms with Crippen molar-refractivity contribution in [3.8, 4) is 5.75 Å². The van der Waals surface area contributed by atoms with Crippen LogP contribution in [-0.2, 0) is 11.8 Å². The van der Waals surface area contributed by atoms with Gasteiger partial charge in [0.25, 0.3) is 0 Å². The summed E-state index contributed by atoms with van der Waals surface area (Å²) in [4.78, 5) is 16.8.